The topological polar surface area (TPSA) is 66.9 Å². The number of nitrogens with one attached hydrogen (secondary N) is 2. The molecular weight excluding hydrogens is 400 g/mol. The molecule has 2 aromatic heterocycles. The number of aryl methyl sites for hydroxylation is 3. The van der Waals surface area contributed by atoms with Crippen molar-refractivity contribution in [1.29, 1.82) is 0 Å². The molecule has 5 nitrogen and oxygen atoms in total. The normalized spacial score (nSPS) is 10.6. The predicted octanol–water partition coefficient (Wildman–Crippen LogP) is 5.22. The van der Waals surface area contributed by atoms with Gasteiger partial charge in [0.05, 0.1) is 6.20 Å². The Morgan fingerprint density at radius 2 is 1.80 bits per heavy atom. The molecule has 128 valence electrons. The number of pyridine rings is 1. The van der Waals surface area contributed by atoms with Crippen LogP contribution < -0.4 is 10.6 Å². The maximum Gasteiger partial charge on any atom is 0.267 e. The number of benzene rings is 1. The molecule has 2 N–H and O–H groups in total. The molecule has 0 saturated heterocycles. The first kappa shape index (κ1) is 17.6. The molecule has 25 heavy (non-hydrogen) atoms. The van der Waals surface area contributed by atoms with Gasteiger partial charge in [-0.25, -0.2) is 9.97 Å². The Morgan fingerprint density at radius 3 is 2.44 bits per heavy atom. The van der Waals surface area contributed by atoms with Crippen molar-refractivity contribution < 1.29 is 4.79 Å². The Hall–Kier alpha value is -2.25. The van der Waals surface area contributed by atoms with Crippen LogP contribution in [0.3, 0.4) is 0 Å². The van der Waals surface area contributed by atoms with E-state index in [-0.39, 0.29) is 5.91 Å². The summed E-state index contributed by atoms with van der Waals surface area (Å²) in [6.07, 6.45) is 3.27. The molecule has 0 aliphatic heterocycles. The lowest BCUT2D eigenvalue weighted by Crippen LogP contribution is -2.12. The number of carbonyl (C=O) groups is 1. The fraction of sp³-hybridized carbons (Fsp3) is 0.167. The lowest BCUT2D eigenvalue weighted by molar-refractivity contribution is 0.103. The smallest absolute Gasteiger partial charge is 0.267 e. The average molecular weight is 417 g/mol. The quantitative estimate of drug-likeness (QED) is 0.611. The van der Waals surface area contributed by atoms with Crippen LogP contribution >= 0.6 is 27.3 Å². The van der Waals surface area contributed by atoms with Gasteiger partial charge in [0.1, 0.15) is 10.7 Å². The number of halogens is 1. The zero-order valence-electron chi connectivity index (χ0n) is 14.1. The van der Waals surface area contributed by atoms with Gasteiger partial charge in [0.2, 0.25) is 0 Å². The minimum atomic E-state index is -0.163. The molecule has 3 aromatic rings. The van der Waals surface area contributed by atoms with E-state index in [4.69, 9.17) is 0 Å². The third-order valence-corrected chi connectivity index (χ3v) is 4.99. The number of nitrogens with zero attached hydrogens (tertiary/aromatic N) is 2. The summed E-state index contributed by atoms with van der Waals surface area (Å²) < 4.78 is 0.904. The van der Waals surface area contributed by atoms with Crippen molar-refractivity contribution in [2.45, 2.75) is 20.8 Å². The Balaban J connectivity index is 1.74. The monoisotopic (exact) mass is 416 g/mol. The van der Waals surface area contributed by atoms with Crippen LogP contribution in [0, 0.1) is 20.8 Å². The standard InChI is InChI=1S/C18H17BrN4OS/c1-10-6-11(2)16(12(3)7-10)23-17(24)14-9-21-18(25-14)22-15-5-4-13(19)8-20-15/h4-9H,1-3H3,(H,23,24)(H,20,21,22). The fourth-order valence-corrected chi connectivity index (χ4v) is 3.50. The van der Waals surface area contributed by atoms with Crippen LogP contribution in [-0.2, 0) is 0 Å². The third kappa shape index (κ3) is 4.24. The number of amides is 1. The van der Waals surface area contributed by atoms with Gasteiger partial charge in [-0.2, -0.15) is 0 Å². The Labute approximate surface area is 158 Å². The molecule has 1 amide bonds. The van der Waals surface area contributed by atoms with Crippen molar-refractivity contribution in [3.8, 4) is 0 Å². The first-order valence-corrected chi connectivity index (χ1v) is 9.27. The van der Waals surface area contributed by atoms with Gasteiger partial charge in [0.25, 0.3) is 5.91 Å². The van der Waals surface area contributed by atoms with Crippen LogP contribution in [0.25, 0.3) is 0 Å². The fourth-order valence-electron chi connectivity index (χ4n) is 2.55. The van der Waals surface area contributed by atoms with E-state index >= 15 is 0 Å². The Morgan fingerprint density at radius 1 is 1.08 bits per heavy atom. The molecule has 1 aromatic carbocycles. The van der Waals surface area contributed by atoms with Gasteiger partial charge in [-0.1, -0.05) is 29.0 Å². The number of hydrogen-bond acceptors (Lipinski definition) is 5. The highest BCUT2D eigenvalue weighted by Gasteiger charge is 2.14. The van der Waals surface area contributed by atoms with E-state index < -0.39 is 0 Å². The molecule has 7 heteroatoms. The highest BCUT2D eigenvalue weighted by Crippen LogP contribution is 2.26. The summed E-state index contributed by atoms with van der Waals surface area (Å²) in [6.45, 7) is 6.03. The van der Waals surface area contributed by atoms with Gasteiger partial charge < -0.3 is 10.6 Å². The first-order valence-electron chi connectivity index (χ1n) is 7.66. The molecule has 0 bridgehead atoms. The van der Waals surface area contributed by atoms with Gasteiger partial charge >= 0.3 is 0 Å². The highest BCUT2D eigenvalue weighted by atomic mass is 79.9. The number of carbonyl (C=O) groups excluding carboxylic acids is 1. The van der Waals surface area contributed by atoms with E-state index in [1.165, 1.54) is 16.9 Å². The van der Waals surface area contributed by atoms with E-state index in [1.807, 2.05) is 32.9 Å². The second-order valence-corrected chi connectivity index (χ2v) is 7.69. The minimum Gasteiger partial charge on any atom is -0.321 e. The van der Waals surface area contributed by atoms with Crippen LogP contribution in [0.1, 0.15) is 26.4 Å². The van der Waals surface area contributed by atoms with Crippen LogP contribution in [0.2, 0.25) is 0 Å². The summed E-state index contributed by atoms with van der Waals surface area (Å²) in [5, 5.41) is 6.71. The molecular formula is C18H17BrN4OS. The first-order chi connectivity index (χ1) is 11.9. The van der Waals surface area contributed by atoms with Crippen molar-refractivity contribution >= 4 is 49.8 Å². The number of rotatable bonds is 4. The molecule has 2 heterocycles. The van der Waals surface area contributed by atoms with Crippen molar-refractivity contribution in [2.75, 3.05) is 10.6 Å². The Kier molecular flexibility index (Phi) is 5.15. The van der Waals surface area contributed by atoms with Crippen LogP contribution in [0.4, 0.5) is 16.6 Å². The number of hydrogen-bond donors (Lipinski definition) is 2. The van der Waals surface area contributed by atoms with Crippen molar-refractivity contribution in [3.63, 3.8) is 0 Å². The minimum absolute atomic E-state index is 0.163. The van der Waals surface area contributed by atoms with E-state index in [0.29, 0.717) is 15.8 Å². The molecule has 0 spiro atoms. The molecule has 0 unspecified atom stereocenters. The number of thiazole rings is 1. The number of anilines is 3. The van der Waals surface area contributed by atoms with Crippen LogP contribution in [0.5, 0.6) is 0 Å². The maximum atomic E-state index is 12.5. The molecule has 0 radical (unpaired) electrons. The highest BCUT2D eigenvalue weighted by molar-refractivity contribution is 9.10. The maximum absolute atomic E-state index is 12.5. The van der Waals surface area contributed by atoms with Crippen molar-refractivity contribution in [1.82, 2.24) is 9.97 Å². The summed E-state index contributed by atoms with van der Waals surface area (Å²) in [4.78, 5) is 21.5. The van der Waals surface area contributed by atoms with E-state index in [0.717, 1.165) is 21.3 Å². The Bertz CT molecular complexity index is 898. The van der Waals surface area contributed by atoms with Crippen LogP contribution in [0.15, 0.2) is 41.1 Å². The van der Waals surface area contributed by atoms with Crippen LogP contribution in [-0.4, -0.2) is 15.9 Å². The van der Waals surface area contributed by atoms with E-state index in [2.05, 4.69) is 48.7 Å². The molecule has 0 fully saturated rings. The van der Waals surface area contributed by atoms with Crippen molar-refractivity contribution in [2.24, 2.45) is 0 Å². The summed E-state index contributed by atoms with van der Waals surface area (Å²) in [5.41, 5.74) is 4.13. The summed E-state index contributed by atoms with van der Waals surface area (Å²) >= 11 is 4.63. The second-order valence-electron chi connectivity index (χ2n) is 5.74. The number of aromatic nitrogens is 2. The molecule has 0 aliphatic rings. The molecule has 0 aliphatic carbocycles. The summed E-state index contributed by atoms with van der Waals surface area (Å²) in [5.74, 6) is 0.513. The SMILES string of the molecule is Cc1cc(C)c(NC(=O)c2cnc(Nc3ccc(Br)cn3)s2)c(C)c1. The zero-order chi connectivity index (χ0) is 18.0. The second kappa shape index (κ2) is 7.33. The van der Waals surface area contributed by atoms with Gasteiger partial charge in [-0.15, -0.1) is 0 Å². The predicted molar refractivity (Wildman–Crippen MR) is 106 cm³/mol. The zero-order valence-corrected chi connectivity index (χ0v) is 16.5. The largest absolute Gasteiger partial charge is 0.321 e. The summed E-state index contributed by atoms with van der Waals surface area (Å²) in [6, 6.07) is 7.84. The lowest BCUT2D eigenvalue weighted by atomic mass is 10.1. The van der Waals surface area contributed by atoms with Gasteiger partial charge in [-0.3, -0.25) is 4.79 Å². The lowest BCUT2D eigenvalue weighted by Gasteiger charge is -2.12. The third-order valence-electron chi connectivity index (χ3n) is 3.61. The summed E-state index contributed by atoms with van der Waals surface area (Å²) in [7, 11) is 0. The molecule has 0 saturated carbocycles. The van der Waals surface area contributed by atoms with E-state index in [1.54, 1.807) is 12.4 Å². The molecule has 3 rings (SSSR count). The van der Waals surface area contributed by atoms with Gasteiger partial charge in [-0.05, 0) is 60.0 Å². The average Bonchev–Trinajstić information content (AvgIpc) is 3.01. The van der Waals surface area contributed by atoms with E-state index in [9.17, 15) is 4.79 Å². The van der Waals surface area contributed by atoms with Gasteiger partial charge in [0.15, 0.2) is 5.13 Å². The molecule has 0 atom stereocenters. The van der Waals surface area contributed by atoms with Gasteiger partial charge in [0, 0.05) is 16.4 Å². The van der Waals surface area contributed by atoms with Crippen molar-refractivity contribution in [3.05, 3.63) is 62.7 Å².